The number of likely N-dealkylation sites (tertiary alicyclic amines) is 1. The minimum atomic E-state index is -0.454. The second-order valence-corrected chi connectivity index (χ2v) is 5.35. The first-order chi connectivity index (χ1) is 9.67. The van der Waals surface area contributed by atoms with Gasteiger partial charge >= 0.3 is 0 Å². The second kappa shape index (κ2) is 6.93. The Labute approximate surface area is 123 Å². The SMILES string of the molecule is COc1cc(C(=O)N2CCCC2CCCCl)ccc1F. The topological polar surface area (TPSA) is 29.5 Å². The molecule has 0 bridgehead atoms. The molecule has 2 rings (SSSR count). The van der Waals surface area contributed by atoms with Gasteiger partial charge in [0, 0.05) is 24.0 Å². The number of hydrogen-bond donors (Lipinski definition) is 0. The molecule has 20 heavy (non-hydrogen) atoms. The van der Waals surface area contributed by atoms with Gasteiger partial charge in [0.05, 0.1) is 7.11 Å². The molecule has 1 unspecified atom stereocenters. The van der Waals surface area contributed by atoms with E-state index in [9.17, 15) is 9.18 Å². The number of carbonyl (C=O) groups is 1. The van der Waals surface area contributed by atoms with E-state index in [-0.39, 0.29) is 17.7 Å². The first-order valence-corrected chi connectivity index (χ1v) is 7.41. The van der Waals surface area contributed by atoms with E-state index in [1.807, 2.05) is 4.90 Å². The molecule has 1 aromatic rings. The van der Waals surface area contributed by atoms with Crippen LogP contribution in [0.2, 0.25) is 0 Å². The number of hydrogen-bond acceptors (Lipinski definition) is 2. The maximum atomic E-state index is 13.4. The molecule has 1 aromatic carbocycles. The molecule has 1 amide bonds. The van der Waals surface area contributed by atoms with Gasteiger partial charge in [-0.15, -0.1) is 11.6 Å². The molecule has 0 aliphatic carbocycles. The quantitative estimate of drug-likeness (QED) is 0.779. The Hall–Kier alpha value is -1.29. The molecule has 0 radical (unpaired) electrons. The number of benzene rings is 1. The van der Waals surface area contributed by atoms with Crippen LogP contribution in [0.5, 0.6) is 5.75 Å². The predicted molar refractivity (Wildman–Crippen MR) is 77.0 cm³/mol. The minimum Gasteiger partial charge on any atom is -0.494 e. The van der Waals surface area contributed by atoms with Crippen LogP contribution in [0.3, 0.4) is 0 Å². The summed E-state index contributed by atoms with van der Waals surface area (Å²) < 4.78 is 18.3. The third-order valence-electron chi connectivity index (χ3n) is 3.71. The zero-order chi connectivity index (χ0) is 14.5. The molecule has 0 saturated carbocycles. The highest BCUT2D eigenvalue weighted by Gasteiger charge is 2.29. The van der Waals surface area contributed by atoms with Gasteiger partial charge in [0.2, 0.25) is 0 Å². The number of methoxy groups -OCH3 is 1. The smallest absolute Gasteiger partial charge is 0.254 e. The fourth-order valence-corrected chi connectivity index (χ4v) is 2.83. The Kier molecular flexibility index (Phi) is 5.24. The van der Waals surface area contributed by atoms with Crippen LogP contribution >= 0.6 is 11.6 Å². The van der Waals surface area contributed by atoms with Crippen molar-refractivity contribution in [1.82, 2.24) is 4.90 Å². The van der Waals surface area contributed by atoms with Crippen LogP contribution < -0.4 is 4.74 Å². The third-order valence-corrected chi connectivity index (χ3v) is 3.97. The van der Waals surface area contributed by atoms with Crippen molar-refractivity contribution in [3.8, 4) is 5.75 Å². The molecule has 1 aliphatic heterocycles. The number of rotatable bonds is 5. The lowest BCUT2D eigenvalue weighted by molar-refractivity contribution is 0.0729. The Balaban J connectivity index is 2.13. The van der Waals surface area contributed by atoms with E-state index in [4.69, 9.17) is 16.3 Å². The summed E-state index contributed by atoms with van der Waals surface area (Å²) >= 11 is 5.72. The van der Waals surface area contributed by atoms with Gasteiger partial charge in [-0.2, -0.15) is 0 Å². The van der Waals surface area contributed by atoms with E-state index in [0.29, 0.717) is 11.4 Å². The zero-order valence-corrected chi connectivity index (χ0v) is 12.3. The fraction of sp³-hybridized carbons (Fsp3) is 0.533. The number of amides is 1. The van der Waals surface area contributed by atoms with Crippen LogP contribution in [0.4, 0.5) is 4.39 Å². The van der Waals surface area contributed by atoms with Gasteiger partial charge in [0.25, 0.3) is 5.91 Å². The monoisotopic (exact) mass is 299 g/mol. The van der Waals surface area contributed by atoms with Crippen molar-refractivity contribution in [3.05, 3.63) is 29.6 Å². The van der Waals surface area contributed by atoms with Crippen molar-refractivity contribution in [2.45, 2.75) is 31.7 Å². The molecule has 1 atom stereocenters. The summed E-state index contributed by atoms with van der Waals surface area (Å²) in [5.41, 5.74) is 0.473. The normalized spacial score (nSPS) is 18.4. The van der Waals surface area contributed by atoms with Crippen molar-refractivity contribution in [1.29, 1.82) is 0 Å². The van der Waals surface area contributed by atoms with Gasteiger partial charge in [-0.05, 0) is 43.9 Å². The minimum absolute atomic E-state index is 0.0552. The number of alkyl halides is 1. The first-order valence-electron chi connectivity index (χ1n) is 6.88. The molecule has 0 N–H and O–H groups in total. The zero-order valence-electron chi connectivity index (χ0n) is 11.6. The summed E-state index contributed by atoms with van der Waals surface area (Å²) in [4.78, 5) is 14.4. The average molecular weight is 300 g/mol. The lowest BCUT2D eigenvalue weighted by Gasteiger charge is -2.24. The van der Waals surface area contributed by atoms with E-state index in [2.05, 4.69) is 0 Å². The summed E-state index contributed by atoms with van der Waals surface area (Å²) in [6.07, 6.45) is 3.86. The van der Waals surface area contributed by atoms with E-state index in [1.165, 1.54) is 25.3 Å². The van der Waals surface area contributed by atoms with Crippen molar-refractivity contribution < 1.29 is 13.9 Å². The highest BCUT2D eigenvalue weighted by atomic mass is 35.5. The molecule has 0 aromatic heterocycles. The molecule has 1 fully saturated rings. The molecule has 1 heterocycles. The van der Waals surface area contributed by atoms with Gasteiger partial charge in [-0.1, -0.05) is 0 Å². The van der Waals surface area contributed by atoms with Crippen LogP contribution in [0, 0.1) is 5.82 Å². The lowest BCUT2D eigenvalue weighted by atomic mass is 10.1. The lowest BCUT2D eigenvalue weighted by Crippen LogP contribution is -2.35. The molecular formula is C15H19ClFNO2. The van der Waals surface area contributed by atoms with Crippen molar-refractivity contribution in [2.75, 3.05) is 19.5 Å². The summed E-state index contributed by atoms with van der Waals surface area (Å²) in [7, 11) is 1.39. The Bertz CT molecular complexity index is 481. The number of nitrogens with zero attached hydrogens (tertiary/aromatic N) is 1. The number of halogens is 2. The second-order valence-electron chi connectivity index (χ2n) is 4.98. The van der Waals surface area contributed by atoms with Crippen LogP contribution in [-0.4, -0.2) is 36.4 Å². The fourth-order valence-electron chi connectivity index (χ4n) is 2.67. The Morgan fingerprint density at radius 3 is 3.05 bits per heavy atom. The molecule has 0 spiro atoms. The van der Waals surface area contributed by atoms with Crippen molar-refractivity contribution >= 4 is 17.5 Å². The summed E-state index contributed by atoms with van der Waals surface area (Å²) in [5, 5.41) is 0. The maximum Gasteiger partial charge on any atom is 0.254 e. The third kappa shape index (κ3) is 3.23. The summed E-state index contributed by atoms with van der Waals surface area (Å²) in [6.45, 7) is 0.755. The highest BCUT2D eigenvalue weighted by molar-refractivity contribution is 6.17. The molecule has 1 aliphatic rings. The molecule has 3 nitrogen and oxygen atoms in total. The van der Waals surface area contributed by atoms with Gasteiger partial charge in [0.1, 0.15) is 0 Å². The van der Waals surface area contributed by atoms with Crippen LogP contribution in [-0.2, 0) is 0 Å². The molecular weight excluding hydrogens is 281 g/mol. The highest BCUT2D eigenvalue weighted by Crippen LogP contribution is 2.26. The summed E-state index contributed by atoms with van der Waals surface area (Å²) in [5.74, 6) is 0.208. The van der Waals surface area contributed by atoms with Crippen molar-refractivity contribution in [3.63, 3.8) is 0 Å². The van der Waals surface area contributed by atoms with E-state index < -0.39 is 5.82 Å². The average Bonchev–Trinajstić information content (AvgIpc) is 2.93. The predicted octanol–water partition coefficient (Wildman–Crippen LogP) is 3.46. The van der Waals surface area contributed by atoms with E-state index in [0.717, 1.165) is 32.2 Å². The van der Waals surface area contributed by atoms with Gasteiger partial charge in [0.15, 0.2) is 11.6 Å². The summed E-state index contributed by atoms with van der Waals surface area (Å²) in [6, 6.07) is 4.50. The Morgan fingerprint density at radius 2 is 2.35 bits per heavy atom. The van der Waals surface area contributed by atoms with Crippen LogP contribution in [0.25, 0.3) is 0 Å². The maximum absolute atomic E-state index is 13.4. The standard InChI is InChI=1S/C15H19ClFNO2/c1-20-14-10-11(6-7-13(14)17)15(19)18-9-3-5-12(18)4-2-8-16/h6-7,10,12H,2-5,8-9H2,1H3. The molecule has 1 saturated heterocycles. The van der Waals surface area contributed by atoms with Gasteiger partial charge in [-0.3, -0.25) is 4.79 Å². The molecule has 110 valence electrons. The van der Waals surface area contributed by atoms with E-state index in [1.54, 1.807) is 0 Å². The number of carbonyl (C=O) groups excluding carboxylic acids is 1. The molecule has 5 heteroatoms. The van der Waals surface area contributed by atoms with Crippen LogP contribution in [0.15, 0.2) is 18.2 Å². The van der Waals surface area contributed by atoms with Crippen LogP contribution in [0.1, 0.15) is 36.0 Å². The van der Waals surface area contributed by atoms with Gasteiger partial charge < -0.3 is 9.64 Å². The Morgan fingerprint density at radius 1 is 1.55 bits per heavy atom. The van der Waals surface area contributed by atoms with Crippen molar-refractivity contribution in [2.24, 2.45) is 0 Å². The van der Waals surface area contributed by atoms with Gasteiger partial charge in [-0.25, -0.2) is 4.39 Å². The largest absolute Gasteiger partial charge is 0.494 e. The van der Waals surface area contributed by atoms with E-state index >= 15 is 0 Å². The first kappa shape index (κ1) is 15.1. The number of ether oxygens (including phenoxy) is 1.